The van der Waals surface area contributed by atoms with Crippen LogP contribution in [0.25, 0.3) is 0 Å². The molecule has 0 heterocycles. The fourth-order valence-electron chi connectivity index (χ4n) is 0.999. The van der Waals surface area contributed by atoms with Crippen LogP contribution in [0, 0.1) is 3.57 Å². The summed E-state index contributed by atoms with van der Waals surface area (Å²) in [5, 5.41) is 0. The van der Waals surface area contributed by atoms with Gasteiger partial charge < -0.3 is 5.73 Å². The van der Waals surface area contributed by atoms with E-state index >= 15 is 0 Å². The molecule has 0 aliphatic heterocycles. The number of nitrogens with one attached hydrogen (secondary N) is 1. The summed E-state index contributed by atoms with van der Waals surface area (Å²) in [5.41, 5.74) is 5.16. The number of halogens is 2. The molecule has 1 rings (SSSR count). The SMILES string of the molecule is CC(C)(N)CNS(=O)(=O)c1cccc(I)c1.Cl. The summed E-state index contributed by atoms with van der Waals surface area (Å²) < 4.78 is 27.1. The van der Waals surface area contributed by atoms with Crippen LogP contribution in [0.4, 0.5) is 0 Å². The van der Waals surface area contributed by atoms with E-state index in [4.69, 9.17) is 5.73 Å². The summed E-state index contributed by atoms with van der Waals surface area (Å²) in [6.07, 6.45) is 0. The van der Waals surface area contributed by atoms with Crippen molar-refractivity contribution >= 4 is 45.0 Å². The van der Waals surface area contributed by atoms with Crippen molar-refractivity contribution in [2.45, 2.75) is 24.3 Å². The van der Waals surface area contributed by atoms with E-state index in [1.54, 1.807) is 32.0 Å². The molecule has 0 aliphatic carbocycles. The second kappa shape index (κ2) is 6.33. The molecule has 0 saturated heterocycles. The lowest BCUT2D eigenvalue weighted by atomic mass is 10.1. The number of rotatable bonds is 4. The zero-order valence-corrected chi connectivity index (χ0v) is 13.4. The Labute approximate surface area is 122 Å². The Bertz CT molecular complexity index is 471. The minimum atomic E-state index is -3.45. The highest BCUT2D eigenvalue weighted by atomic mass is 127. The maximum absolute atomic E-state index is 11.9. The molecule has 4 nitrogen and oxygen atoms in total. The van der Waals surface area contributed by atoms with Gasteiger partial charge in [0, 0.05) is 15.7 Å². The van der Waals surface area contributed by atoms with E-state index < -0.39 is 15.6 Å². The number of hydrogen-bond acceptors (Lipinski definition) is 3. The summed E-state index contributed by atoms with van der Waals surface area (Å²) >= 11 is 2.07. The van der Waals surface area contributed by atoms with Crippen LogP contribution in [-0.2, 0) is 10.0 Å². The van der Waals surface area contributed by atoms with Crippen molar-refractivity contribution in [2.24, 2.45) is 5.73 Å². The molecule has 0 aromatic heterocycles. The minimum absolute atomic E-state index is 0. The molecule has 1 aromatic carbocycles. The van der Waals surface area contributed by atoms with Gasteiger partial charge in [-0.05, 0) is 54.6 Å². The molecule has 0 atom stereocenters. The zero-order valence-electron chi connectivity index (χ0n) is 9.60. The van der Waals surface area contributed by atoms with Crippen molar-refractivity contribution < 1.29 is 8.42 Å². The fraction of sp³-hybridized carbons (Fsp3) is 0.400. The monoisotopic (exact) mass is 390 g/mol. The molecule has 0 bridgehead atoms. The van der Waals surface area contributed by atoms with Crippen LogP contribution in [0.1, 0.15) is 13.8 Å². The van der Waals surface area contributed by atoms with Gasteiger partial charge in [-0.3, -0.25) is 0 Å². The third-order valence-electron chi connectivity index (χ3n) is 1.82. The van der Waals surface area contributed by atoms with Crippen molar-refractivity contribution in [3.63, 3.8) is 0 Å². The van der Waals surface area contributed by atoms with Gasteiger partial charge in [-0.2, -0.15) is 0 Å². The molecule has 1 aromatic rings. The highest BCUT2D eigenvalue weighted by molar-refractivity contribution is 14.1. The van der Waals surface area contributed by atoms with Crippen molar-refractivity contribution in [3.8, 4) is 0 Å². The Hall–Kier alpha value is 0.110. The molecular formula is C10H16ClIN2O2S. The van der Waals surface area contributed by atoms with Crippen molar-refractivity contribution in [1.29, 1.82) is 0 Å². The Morgan fingerprint density at radius 3 is 2.47 bits per heavy atom. The van der Waals surface area contributed by atoms with Crippen LogP contribution in [0.5, 0.6) is 0 Å². The third kappa shape index (κ3) is 6.01. The molecule has 0 unspecified atom stereocenters. The van der Waals surface area contributed by atoms with Gasteiger partial charge in [0.15, 0.2) is 0 Å². The molecule has 0 fully saturated rings. The average Bonchev–Trinajstić information content (AvgIpc) is 2.14. The average molecular weight is 391 g/mol. The molecule has 98 valence electrons. The summed E-state index contributed by atoms with van der Waals surface area (Å²) in [4.78, 5) is 0.267. The molecule has 0 spiro atoms. The molecule has 17 heavy (non-hydrogen) atoms. The summed E-state index contributed by atoms with van der Waals surface area (Å²) in [6.45, 7) is 3.75. The smallest absolute Gasteiger partial charge is 0.240 e. The van der Waals surface area contributed by atoms with E-state index in [1.807, 2.05) is 6.07 Å². The molecule has 0 saturated carbocycles. The molecule has 0 aliphatic rings. The molecule has 0 radical (unpaired) electrons. The molecule has 7 heteroatoms. The van der Waals surface area contributed by atoms with Crippen molar-refractivity contribution in [3.05, 3.63) is 27.8 Å². The van der Waals surface area contributed by atoms with Crippen LogP contribution in [0.2, 0.25) is 0 Å². The first-order valence-electron chi connectivity index (χ1n) is 4.75. The van der Waals surface area contributed by atoms with Crippen LogP contribution in [0.15, 0.2) is 29.2 Å². The first-order valence-corrected chi connectivity index (χ1v) is 7.31. The van der Waals surface area contributed by atoms with Crippen molar-refractivity contribution in [2.75, 3.05) is 6.54 Å². The predicted octanol–water partition coefficient (Wildman–Crippen LogP) is 1.73. The predicted molar refractivity (Wildman–Crippen MR) is 79.9 cm³/mol. The largest absolute Gasteiger partial charge is 0.324 e. The Balaban J connectivity index is 0.00000256. The van der Waals surface area contributed by atoms with Gasteiger partial charge in [-0.15, -0.1) is 12.4 Å². The number of benzene rings is 1. The Kier molecular flexibility index (Phi) is 6.37. The first kappa shape index (κ1) is 17.1. The van der Waals surface area contributed by atoms with Crippen LogP contribution >= 0.6 is 35.0 Å². The zero-order chi connectivity index (χ0) is 12.4. The molecule has 0 amide bonds. The summed E-state index contributed by atoms with van der Waals surface area (Å²) in [7, 11) is -3.45. The lowest BCUT2D eigenvalue weighted by Crippen LogP contribution is -2.45. The number of nitrogens with two attached hydrogens (primary N) is 1. The summed E-state index contributed by atoms with van der Waals surface area (Å²) in [6, 6.07) is 6.73. The van der Waals surface area contributed by atoms with E-state index in [-0.39, 0.29) is 23.8 Å². The van der Waals surface area contributed by atoms with Crippen LogP contribution in [0.3, 0.4) is 0 Å². The summed E-state index contributed by atoms with van der Waals surface area (Å²) in [5.74, 6) is 0. The maximum Gasteiger partial charge on any atom is 0.240 e. The van der Waals surface area contributed by atoms with Crippen molar-refractivity contribution in [1.82, 2.24) is 4.72 Å². The van der Waals surface area contributed by atoms with Crippen LogP contribution in [-0.4, -0.2) is 20.5 Å². The van der Waals surface area contributed by atoms with Gasteiger partial charge in [-0.25, -0.2) is 13.1 Å². The van der Waals surface area contributed by atoms with E-state index in [2.05, 4.69) is 27.3 Å². The highest BCUT2D eigenvalue weighted by Gasteiger charge is 2.18. The maximum atomic E-state index is 11.9. The van der Waals surface area contributed by atoms with E-state index in [1.165, 1.54) is 0 Å². The van der Waals surface area contributed by atoms with Gasteiger partial charge in [-0.1, -0.05) is 6.07 Å². The van der Waals surface area contributed by atoms with Crippen LogP contribution < -0.4 is 10.5 Å². The normalized spacial score (nSPS) is 12.0. The van der Waals surface area contributed by atoms with Gasteiger partial charge in [0.25, 0.3) is 0 Å². The standard InChI is InChI=1S/C10H15IN2O2S.ClH/c1-10(2,12)7-13-16(14,15)9-5-3-4-8(11)6-9;/h3-6,13H,7,12H2,1-2H3;1H. The second-order valence-corrected chi connectivity index (χ2v) is 7.28. The van der Waals surface area contributed by atoms with Gasteiger partial charge >= 0.3 is 0 Å². The fourth-order valence-corrected chi connectivity index (χ4v) is 3.02. The minimum Gasteiger partial charge on any atom is -0.324 e. The Morgan fingerprint density at radius 2 is 2.00 bits per heavy atom. The quantitative estimate of drug-likeness (QED) is 0.769. The van der Waals surface area contributed by atoms with Gasteiger partial charge in [0.1, 0.15) is 0 Å². The number of hydrogen-bond donors (Lipinski definition) is 2. The first-order chi connectivity index (χ1) is 7.21. The van der Waals surface area contributed by atoms with Gasteiger partial charge in [0.05, 0.1) is 4.90 Å². The van der Waals surface area contributed by atoms with E-state index in [0.717, 1.165) is 3.57 Å². The lowest BCUT2D eigenvalue weighted by molar-refractivity contribution is 0.498. The molecule has 3 N–H and O–H groups in total. The Morgan fingerprint density at radius 1 is 1.41 bits per heavy atom. The highest BCUT2D eigenvalue weighted by Crippen LogP contribution is 2.13. The molecular weight excluding hydrogens is 375 g/mol. The topological polar surface area (TPSA) is 72.2 Å². The second-order valence-electron chi connectivity index (χ2n) is 4.27. The van der Waals surface area contributed by atoms with Gasteiger partial charge in [0.2, 0.25) is 10.0 Å². The number of sulfonamides is 1. The third-order valence-corrected chi connectivity index (χ3v) is 3.89. The lowest BCUT2D eigenvalue weighted by Gasteiger charge is -2.18. The van der Waals surface area contributed by atoms with E-state index in [0.29, 0.717) is 0 Å². The van der Waals surface area contributed by atoms with E-state index in [9.17, 15) is 8.42 Å².